The molecule has 23 heavy (non-hydrogen) atoms. The summed E-state index contributed by atoms with van der Waals surface area (Å²) < 4.78 is 29.0. The SMILES string of the molecule is N#C/C(=C/c1cccn1-c1ccccc1F)c1cccc(F)c1. The summed E-state index contributed by atoms with van der Waals surface area (Å²) in [5.74, 6) is -0.768. The van der Waals surface area contributed by atoms with Crippen molar-refractivity contribution < 1.29 is 8.78 Å². The molecule has 0 aliphatic carbocycles. The van der Waals surface area contributed by atoms with Gasteiger partial charge in [-0.1, -0.05) is 24.3 Å². The van der Waals surface area contributed by atoms with Gasteiger partial charge in [0.1, 0.15) is 11.6 Å². The van der Waals surface area contributed by atoms with E-state index in [1.807, 2.05) is 0 Å². The molecule has 0 aliphatic heterocycles. The first-order valence-corrected chi connectivity index (χ1v) is 6.99. The molecule has 0 aliphatic rings. The van der Waals surface area contributed by atoms with E-state index in [1.165, 1.54) is 18.2 Å². The fourth-order valence-electron chi connectivity index (χ4n) is 2.36. The molecule has 1 aromatic heterocycles. The number of para-hydroxylation sites is 1. The predicted octanol–water partition coefficient (Wildman–Crippen LogP) is 4.82. The first kappa shape index (κ1) is 14.7. The van der Waals surface area contributed by atoms with Crippen molar-refractivity contribution >= 4 is 11.6 Å². The molecule has 0 spiro atoms. The van der Waals surface area contributed by atoms with Gasteiger partial charge >= 0.3 is 0 Å². The maximum atomic E-state index is 14.0. The van der Waals surface area contributed by atoms with Gasteiger partial charge in [0, 0.05) is 11.9 Å². The van der Waals surface area contributed by atoms with E-state index in [9.17, 15) is 14.0 Å². The third kappa shape index (κ3) is 3.04. The summed E-state index contributed by atoms with van der Waals surface area (Å²) in [6.07, 6.45) is 3.33. The maximum absolute atomic E-state index is 14.0. The fraction of sp³-hybridized carbons (Fsp3) is 0. The van der Waals surface area contributed by atoms with E-state index in [0.717, 1.165) is 0 Å². The molecule has 0 atom stereocenters. The van der Waals surface area contributed by atoms with Crippen molar-refractivity contribution in [3.8, 4) is 11.8 Å². The number of allylic oxidation sites excluding steroid dienone is 1. The molecule has 0 saturated carbocycles. The van der Waals surface area contributed by atoms with Crippen molar-refractivity contribution in [2.45, 2.75) is 0 Å². The van der Waals surface area contributed by atoms with Crippen LogP contribution in [0.2, 0.25) is 0 Å². The maximum Gasteiger partial charge on any atom is 0.147 e. The average molecular weight is 306 g/mol. The molecule has 0 N–H and O–H groups in total. The smallest absolute Gasteiger partial charge is 0.147 e. The second-order valence-electron chi connectivity index (χ2n) is 4.93. The third-order valence-corrected chi connectivity index (χ3v) is 3.44. The van der Waals surface area contributed by atoms with E-state index in [1.54, 1.807) is 59.3 Å². The van der Waals surface area contributed by atoms with Gasteiger partial charge in [-0.25, -0.2) is 8.78 Å². The van der Waals surface area contributed by atoms with Crippen molar-refractivity contribution in [3.63, 3.8) is 0 Å². The summed E-state index contributed by atoms with van der Waals surface area (Å²) in [7, 11) is 0. The molecule has 0 bridgehead atoms. The Kier molecular flexibility index (Phi) is 4.03. The number of hydrogen-bond donors (Lipinski definition) is 0. The Labute approximate surface area is 132 Å². The largest absolute Gasteiger partial charge is 0.314 e. The Hall–Kier alpha value is -3.19. The van der Waals surface area contributed by atoms with E-state index >= 15 is 0 Å². The van der Waals surface area contributed by atoms with E-state index in [0.29, 0.717) is 22.5 Å². The second-order valence-corrected chi connectivity index (χ2v) is 4.93. The molecule has 2 aromatic carbocycles. The number of aromatic nitrogens is 1. The number of nitriles is 1. The van der Waals surface area contributed by atoms with Gasteiger partial charge in [0.25, 0.3) is 0 Å². The van der Waals surface area contributed by atoms with Gasteiger partial charge < -0.3 is 4.57 Å². The highest BCUT2D eigenvalue weighted by Gasteiger charge is 2.08. The minimum absolute atomic E-state index is 0.306. The molecular weight excluding hydrogens is 294 g/mol. The highest BCUT2D eigenvalue weighted by atomic mass is 19.1. The summed E-state index contributed by atoms with van der Waals surface area (Å²) in [4.78, 5) is 0. The van der Waals surface area contributed by atoms with Crippen molar-refractivity contribution in [2.75, 3.05) is 0 Å². The van der Waals surface area contributed by atoms with Crippen molar-refractivity contribution in [3.05, 3.63) is 89.8 Å². The van der Waals surface area contributed by atoms with E-state index in [-0.39, 0.29) is 5.82 Å². The molecule has 0 unspecified atom stereocenters. The van der Waals surface area contributed by atoms with Gasteiger partial charge in [0.05, 0.1) is 17.3 Å². The van der Waals surface area contributed by atoms with Crippen LogP contribution in [0.25, 0.3) is 17.3 Å². The summed E-state index contributed by atoms with van der Waals surface area (Å²) in [5, 5.41) is 9.36. The number of hydrogen-bond acceptors (Lipinski definition) is 1. The zero-order valence-corrected chi connectivity index (χ0v) is 12.1. The molecule has 4 heteroatoms. The molecule has 0 fully saturated rings. The Morgan fingerprint density at radius 3 is 2.57 bits per heavy atom. The monoisotopic (exact) mass is 306 g/mol. The third-order valence-electron chi connectivity index (χ3n) is 3.44. The van der Waals surface area contributed by atoms with Gasteiger partial charge in [0.15, 0.2) is 0 Å². The number of nitrogens with zero attached hydrogens (tertiary/aromatic N) is 2. The lowest BCUT2D eigenvalue weighted by atomic mass is 10.1. The highest BCUT2D eigenvalue weighted by molar-refractivity contribution is 5.89. The lowest BCUT2D eigenvalue weighted by molar-refractivity contribution is 0.618. The van der Waals surface area contributed by atoms with Crippen LogP contribution in [0.5, 0.6) is 0 Å². The normalized spacial score (nSPS) is 11.3. The zero-order valence-electron chi connectivity index (χ0n) is 12.1. The molecule has 2 nitrogen and oxygen atoms in total. The van der Waals surface area contributed by atoms with Crippen LogP contribution in [0.4, 0.5) is 8.78 Å². The average Bonchev–Trinajstić information content (AvgIpc) is 3.01. The van der Waals surface area contributed by atoms with Crippen molar-refractivity contribution in [2.24, 2.45) is 0 Å². The van der Waals surface area contributed by atoms with Crippen molar-refractivity contribution in [1.82, 2.24) is 4.57 Å². The van der Waals surface area contributed by atoms with Gasteiger partial charge in [-0.15, -0.1) is 0 Å². The summed E-state index contributed by atoms with van der Waals surface area (Å²) in [5.41, 5.74) is 1.81. The lowest BCUT2D eigenvalue weighted by Gasteiger charge is -2.08. The summed E-state index contributed by atoms with van der Waals surface area (Å²) >= 11 is 0. The molecule has 3 rings (SSSR count). The molecule has 0 radical (unpaired) electrons. The van der Waals surface area contributed by atoms with E-state index in [4.69, 9.17) is 0 Å². The molecule has 112 valence electrons. The number of benzene rings is 2. The minimum atomic E-state index is -0.409. The first-order valence-electron chi connectivity index (χ1n) is 6.99. The van der Waals surface area contributed by atoms with Crippen LogP contribution in [0, 0.1) is 23.0 Å². The molecular formula is C19H12F2N2. The van der Waals surface area contributed by atoms with Crippen LogP contribution >= 0.6 is 0 Å². The van der Waals surface area contributed by atoms with Crippen molar-refractivity contribution in [1.29, 1.82) is 5.26 Å². The Morgan fingerprint density at radius 1 is 1.00 bits per heavy atom. The van der Waals surface area contributed by atoms with Crippen LogP contribution in [0.15, 0.2) is 66.9 Å². The Balaban J connectivity index is 2.08. The van der Waals surface area contributed by atoms with Gasteiger partial charge in [0.2, 0.25) is 0 Å². The molecule has 1 heterocycles. The van der Waals surface area contributed by atoms with E-state index < -0.39 is 5.82 Å². The quantitative estimate of drug-likeness (QED) is 0.638. The Morgan fingerprint density at radius 2 is 1.83 bits per heavy atom. The molecule has 0 saturated heterocycles. The Bertz CT molecular complexity index is 917. The summed E-state index contributed by atoms with van der Waals surface area (Å²) in [6, 6.07) is 17.8. The highest BCUT2D eigenvalue weighted by Crippen LogP contribution is 2.22. The number of rotatable bonds is 3. The lowest BCUT2D eigenvalue weighted by Crippen LogP contribution is -1.98. The summed E-state index contributed by atoms with van der Waals surface area (Å²) in [6.45, 7) is 0. The second kappa shape index (κ2) is 6.29. The van der Waals surface area contributed by atoms with Crippen LogP contribution in [-0.4, -0.2) is 4.57 Å². The fourth-order valence-corrected chi connectivity index (χ4v) is 2.36. The minimum Gasteiger partial charge on any atom is -0.314 e. The zero-order chi connectivity index (χ0) is 16.2. The molecule has 3 aromatic rings. The van der Waals surface area contributed by atoms with Crippen LogP contribution in [0.3, 0.4) is 0 Å². The first-order chi connectivity index (χ1) is 11.2. The topological polar surface area (TPSA) is 28.7 Å². The van der Waals surface area contributed by atoms with Crippen LogP contribution in [0.1, 0.15) is 11.3 Å². The molecule has 0 amide bonds. The standard InChI is InChI=1S/C19H12F2N2/c20-16-6-3-5-14(11-16)15(13-22)12-17-7-4-10-23(17)19-9-2-1-8-18(19)21/h1-12H/b15-12-. The number of halogens is 2. The van der Waals surface area contributed by atoms with Gasteiger partial charge in [-0.2, -0.15) is 5.26 Å². The predicted molar refractivity (Wildman–Crippen MR) is 85.6 cm³/mol. The van der Waals surface area contributed by atoms with Crippen LogP contribution < -0.4 is 0 Å². The van der Waals surface area contributed by atoms with Gasteiger partial charge in [-0.05, 0) is 48.0 Å². The van der Waals surface area contributed by atoms with Gasteiger partial charge in [-0.3, -0.25) is 0 Å². The van der Waals surface area contributed by atoms with E-state index in [2.05, 4.69) is 6.07 Å². The van der Waals surface area contributed by atoms with Crippen LogP contribution in [-0.2, 0) is 0 Å².